The molecule has 0 aromatic carbocycles. The van der Waals surface area contributed by atoms with Crippen LogP contribution in [0.3, 0.4) is 0 Å². The highest BCUT2D eigenvalue weighted by Crippen LogP contribution is 2.09. The van der Waals surface area contributed by atoms with Gasteiger partial charge in [-0.2, -0.15) is 0 Å². The van der Waals surface area contributed by atoms with Crippen molar-refractivity contribution in [2.75, 3.05) is 0 Å². The third kappa shape index (κ3) is 2.69. The molecule has 17 heavy (non-hydrogen) atoms. The van der Waals surface area contributed by atoms with Crippen molar-refractivity contribution < 1.29 is 9.21 Å². The highest BCUT2D eigenvalue weighted by molar-refractivity contribution is 5.92. The maximum atomic E-state index is 11.8. The first kappa shape index (κ1) is 11.3. The average Bonchev–Trinajstić information content (AvgIpc) is 2.67. The fourth-order valence-electron chi connectivity index (χ4n) is 1.50. The number of nitrogens with one attached hydrogen (secondary N) is 1. The lowest BCUT2D eigenvalue weighted by molar-refractivity contribution is 0.0920. The fraction of sp³-hybridized carbons (Fsp3) is 0.250. The molecule has 0 unspecified atom stereocenters. The summed E-state index contributed by atoms with van der Waals surface area (Å²) in [6.07, 6.45) is 1.69. The van der Waals surface area contributed by atoms with Gasteiger partial charge in [-0.05, 0) is 19.1 Å². The molecule has 1 amide bonds. The van der Waals surface area contributed by atoms with E-state index in [9.17, 15) is 4.79 Å². The second-order valence-electron chi connectivity index (χ2n) is 3.65. The Balaban J connectivity index is 2.01. The molecule has 0 aliphatic heterocycles. The second kappa shape index (κ2) is 4.78. The van der Waals surface area contributed by atoms with Gasteiger partial charge in [0.2, 0.25) is 5.76 Å². The van der Waals surface area contributed by atoms with E-state index in [1.165, 1.54) is 0 Å². The Bertz CT molecular complexity index is 520. The number of aryl methyl sites for hydroxylation is 2. The van der Waals surface area contributed by atoms with Crippen LogP contribution in [-0.2, 0) is 6.54 Å². The van der Waals surface area contributed by atoms with Gasteiger partial charge in [0.1, 0.15) is 0 Å². The number of rotatable bonds is 3. The first-order valence-electron chi connectivity index (χ1n) is 5.29. The number of hydrogen-bond donors (Lipinski definition) is 1. The van der Waals surface area contributed by atoms with Crippen molar-refractivity contribution in [1.29, 1.82) is 0 Å². The molecule has 5 nitrogen and oxygen atoms in total. The van der Waals surface area contributed by atoms with Crippen molar-refractivity contribution in [1.82, 2.24) is 15.3 Å². The number of aromatic nitrogens is 2. The average molecular weight is 231 g/mol. The van der Waals surface area contributed by atoms with Gasteiger partial charge in [0.25, 0.3) is 5.91 Å². The Morgan fingerprint density at radius 2 is 2.24 bits per heavy atom. The maximum absolute atomic E-state index is 11.8. The van der Waals surface area contributed by atoms with Gasteiger partial charge in [0, 0.05) is 13.1 Å². The van der Waals surface area contributed by atoms with Crippen LogP contribution < -0.4 is 5.32 Å². The standard InChI is InChI=1S/C12H13N3O2/c1-8-11(17-9(2)15-8)12(16)14-7-10-5-3-4-6-13-10/h3-6H,7H2,1-2H3,(H,14,16). The third-order valence-electron chi connectivity index (χ3n) is 2.27. The van der Waals surface area contributed by atoms with E-state index in [1.54, 1.807) is 20.0 Å². The summed E-state index contributed by atoms with van der Waals surface area (Å²) in [6.45, 7) is 3.83. The Kier molecular flexibility index (Phi) is 3.18. The van der Waals surface area contributed by atoms with Gasteiger partial charge in [-0.15, -0.1) is 0 Å². The molecule has 0 saturated heterocycles. The maximum Gasteiger partial charge on any atom is 0.289 e. The van der Waals surface area contributed by atoms with Crippen molar-refractivity contribution in [3.63, 3.8) is 0 Å². The Morgan fingerprint density at radius 3 is 2.82 bits per heavy atom. The summed E-state index contributed by atoms with van der Waals surface area (Å²) < 4.78 is 5.22. The molecule has 2 rings (SSSR count). The Hall–Kier alpha value is -2.17. The van der Waals surface area contributed by atoms with Crippen molar-refractivity contribution >= 4 is 5.91 Å². The van der Waals surface area contributed by atoms with Crippen LogP contribution in [0.2, 0.25) is 0 Å². The Morgan fingerprint density at radius 1 is 1.41 bits per heavy atom. The summed E-state index contributed by atoms with van der Waals surface area (Å²) in [6, 6.07) is 5.55. The van der Waals surface area contributed by atoms with Crippen molar-refractivity contribution in [2.45, 2.75) is 20.4 Å². The van der Waals surface area contributed by atoms with Gasteiger partial charge in [-0.3, -0.25) is 9.78 Å². The lowest BCUT2D eigenvalue weighted by Gasteiger charge is -2.02. The molecular weight excluding hydrogens is 218 g/mol. The van der Waals surface area contributed by atoms with E-state index in [2.05, 4.69) is 15.3 Å². The summed E-state index contributed by atoms with van der Waals surface area (Å²) in [5, 5.41) is 2.73. The number of amides is 1. The molecule has 0 aliphatic carbocycles. The summed E-state index contributed by atoms with van der Waals surface area (Å²) in [5.74, 6) is 0.484. The summed E-state index contributed by atoms with van der Waals surface area (Å²) in [5.41, 5.74) is 1.40. The van der Waals surface area contributed by atoms with Crippen molar-refractivity contribution in [2.24, 2.45) is 0 Å². The van der Waals surface area contributed by atoms with E-state index in [4.69, 9.17) is 4.42 Å². The second-order valence-corrected chi connectivity index (χ2v) is 3.65. The van der Waals surface area contributed by atoms with Crippen LogP contribution in [0, 0.1) is 13.8 Å². The molecule has 88 valence electrons. The van der Waals surface area contributed by atoms with E-state index in [-0.39, 0.29) is 11.7 Å². The summed E-state index contributed by atoms with van der Waals surface area (Å²) >= 11 is 0. The molecule has 0 atom stereocenters. The van der Waals surface area contributed by atoms with Gasteiger partial charge in [0.15, 0.2) is 5.89 Å². The number of carbonyl (C=O) groups excluding carboxylic acids is 1. The van der Waals surface area contributed by atoms with Crippen LogP contribution >= 0.6 is 0 Å². The highest BCUT2D eigenvalue weighted by Gasteiger charge is 2.15. The fourth-order valence-corrected chi connectivity index (χ4v) is 1.50. The van der Waals surface area contributed by atoms with Crippen LogP contribution in [0.1, 0.15) is 27.8 Å². The number of pyridine rings is 1. The van der Waals surface area contributed by atoms with E-state index in [1.807, 2.05) is 18.2 Å². The quantitative estimate of drug-likeness (QED) is 0.871. The lowest BCUT2D eigenvalue weighted by Crippen LogP contribution is -2.23. The molecule has 2 aromatic heterocycles. The molecule has 5 heteroatoms. The minimum Gasteiger partial charge on any atom is -0.436 e. The SMILES string of the molecule is Cc1nc(C)c(C(=O)NCc2ccccn2)o1. The third-order valence-corrected chi connectivity index (χ3v) is 2.27. The zero-order valence-corrected chi connectivity index (χ0v) is 9.73. The molecule has 0 aliphatic rings. The first-order valence-corrected chi connectivity index (χ1v) is 5.29. The molecule has 2 heterocycles. The van der Waals surface area contributed by atoms with Crippen molar-refractivity contribution in [3.8, 4) is 0 Å². The van der Waals surface area contributed by atoms with E-state index >= 15 is 0 Å². The number of carbonyl (C=O) groups is 1. The van der Waals surface area contributed by atoms with E-state index in [0.717, 1.165) is 5.69 Å². The largest absolute Gasteiger partial charge is 0.436 e. The van der Waals surface area contributed by atoms with Gasteiger partial charge in [0.05, 0.1) is 17.9 Å². The van der Waals surface area contributed by atoms with E-state index in [0.29, 0.717) is 18.1 Å². The first-order chi connectivity index (χ1) is 8.16. The van der Waals surface area contributed by atoms with Crippen LogP contribution in [0.25, 0.3) is 0 Å². The highest BCUT2D eigenvalue weighted by atomic mass is 16.4. The summed E-state index contributed by atoms with van der Waals surface area (Å²) in [4.78, 5) is 19.9. The minimum atomic E-state index is -0.270. The Labute approximate surface area is 98.9 Å². The zero-order chi connectivity index (χ0) is 12.3. The van der Waals surface area contributed by atoms with Crippen LogP contribution in [0.4, 0.5) is 0 Å². The zero-order valence-electron chi connectivity index (χ0n) is 9.73. The summed E-state index contributed by atoms with van der Waals surface area (Å²) in [7, 11) is 0. The molecule has 0 spiro atoms. The van der Waals surface area contributed by atoms with Gasteiger partial charge < -0.3 is 9.73 Å². The molecule has 1 N–H and O–H groups in total. The predicted octanol–water partition coefficient (Wildman–Crippen LogP) is 1.62. The topological polar surface area (TPSA) is 68.0 Å². The van der Waals surface area contributed by atoms with Gasteiger partial charge in [-0.25, -0.2) is 4.98 Å². The predicted molar refractivity (Wildman–Crippen MR) is 61.4 cm³/mol. The molecule has 0 fully saturated rings. The van der Waals surface area contributed by atoms with Crippen LogP contribution in [-0.4, -0.2) is 15.9 Å². The lowest BCUT2D eigenvalue weighted by atomic mass is 10.3. The number of nitrogens with zero attached hydrogens (tertiary/aromatic N) is 2. The van der Waals surface area contributed by atoms with Gasteiger partial charge in [-0.1, -0.05) is 6.07 Å². The molecule has 0 saturated carbocycles. The van der Waals surface area contributed by atoms with Gasteiger partial charge >= 0.3 is 0 Å². The number of hydrogen-bond acceptors (Lipinski definition) is 4. The minimum absolute atomic E-state index is 0.262. The monoisotopic (exact) mass is 231 g/mol. The molecular formula is C12H13N3O2. The van der Waals surface area contributed by atoms with Crippen molar-refractivity contribution in [3.05, 3.63) is 47.4 Å². The van der Waals surface area contributed by atoms with E-state index < -0.39 is 0 Å². The number of oxazole rings is 1. The van der Waals surface area contributed by atoms with Crippen LogP contribution in [0.5, 0.6) is 0 Å². The molecule has 0 radical (unpaired) electrons. The smallest absolute Gasteiger partial charge is 0.289 e. The molecule has 0 bridgehead atoms. The molecule has 2 aromatic rings. The normalized spacial score (nSPS) is 10.2. The van der Waals surface area contributed by atoms with Crippen LogP contribution in [0.15, 0.2) is 28.8 Å².